The van der Waals surface area contributed by atoms with Gasteiger partial charge in [-0.15, -0.1) is 0 Å². The van der Waals surface area contributed by atoms with Crippen molar-refractivity contribution in [3.8, 4) is 11.5 Å². The van der Waals surface area contributed by atoms with Crippen LogP contribution in [-0.2, 0) is 4.79 Å². The lowest BCUT2D eigenvalue weighted by molar-refractivity contribution is -0.142. The fraction of sp³-hybridized carbons (Fsp3) is 0.438. The molecule has 1 saturated carbocycles. The van der Waals surface area contributed by atoms with Crippen molar-refractivity contribution in [2.45, 2.75) is 26.4 Å². The van der Waals surface area contributed by atoms with Crippen LogP contribution in [0.1, 0.15) is 25.8 Å². The number of benzene rings is 1. The number of rotatable bonds is 3. The van der Waals surface area contributed by atoms with E-state index in [1.807, 2.05) is 0 Å². The van der Waals surface area contributed by atoms with Gasteiger partial charge >= 0.3 is 12.1 Å². The van der Waals surface area contributed by atoms with Crippen molar-refractivity contribution < 1.29 is 32.5 Å². The van der Waals surface area contributed by atoms with Gasteiger partial charge in [-0.3, -0.25) is 4.79 Å². The van der Waals surface area contributed by atoms with Gasteiger partial charge < -0.3 is 14.6 Å². The quantitative estimate of drug-likeness (QED) is 0.915. The molecule has 0 amide bonds. The van der Waals surface area contributed by atoms with Gasteiger partial charge in [0.05, 0.1) is 11.0 Å². The van der Waals surface area contributed by atoms with Crippen LogP contribution in [0, 0.1) is 10.8 Å². The Morgan fingerprint density at radius 1 is 1.26 bits per heavy atom. The first-order valence-corrected chi connectivity index (χ1v) is 7.00. The summed E-state index contributed by atoms with van der Waals surface area (Å²) in [5.41, 5.74) is -3.33. The molecular formula is C16H15F3O4. The zero-order chi connectivity index (χ0) is 17.0. The standard InChI is InChI=1S/C16H15F3O4/c1-14(2)7-15(14,13(20)21)6-10(16(17,18)19)9-3-4-11-12(5-9)23-8-22-11/h3-6H,7-8H2,1-2H3,(H,20,21). The lowest BCUT2D eigenvalue weighted by atomic mass is 9.91. The second kappa shape index (κ2) is 4.66. The Labute approximate surface area is 130 Å². The van der Waals surface area contributed by atoms with Gasteiger partial charge in [-0.25, -0.2) is 0 Å². The minimum atomic E-state index is -4.67. The molecule has 2 aliphatic rings. The Hall–Kier alpha value is -2.18. The van der Waals surface area contributed by atoms with Crippen molar-refractivity contribution >= 4 is 11.5 Å². The maximum absolute atomic E-state index is 13.5. The maximum atomic E-state index is 13.5. The van der Waals surface area contributed by atoms with Crippen LogP contribution in [0.2, 0.25) is 0 Å². The van der Waals surface area contributed by atoms with E-state index < -0.39 is 28.5 Å². The lowest BCUT2D eigenvalue weighted by Gasteiger charge is -2.17. The molecule has 1 aromatic carbocycles. The van der Waals surface area contributed by atoms with Gasteiger partial charge in [0.2, 0.25) is 6.79 Å². The smallest absolute Gasteiger partial charge is 0.416 e. The summed E-state index contributed by atoms with van der Waals surface area (Å²) in [4.78, 5) is 11.5. The third-order valence-electron chi connectivity index (χ3n) is 4.56. The first-order chi connectivity index (χ1) is 10.6. The summed E-state index contributed by atoms with van der Waals surface area (Å²) < 4.78 is 50.7. The molecule has 1 unspecified atom stereocenters. The van der Waals surface area contributed by atoms with Crippen LogP contribution in [0.15, 0.2) is 24.3 Å². The lowest BCUT2D eigenvalue weighted by Crippen LogP contribution is -2.21. The summed E-state index contributed by atoms with van der Waals surface area (Å²) in [5, 5.41) is 9.40. The minimum Gasteiger partial charge on any atom is -0.481 e. The average molecular weight is 328 g/mol. The van der Waals surface area contributed by atoms with Crippen LogP contribution < -0.4 is 9.47 Å². The summed E-state index contributed by atoms with van der Waals surface area (Å²) in [6, 6.07) is 3.88. The fourth-order valence-corrected chi connectivity index (χ4v) is 2.97. The number of alkyl halides is 3. The van der Waals surface area contributed by atoms with E-state index in [-0.39, 0.29) is 24.5 Å². The number of carboxylic acids is 1. The molecule has 0 radical (unpaired) electrons. The fourth-order valence-electron chi connectivity index (χ4n) is 2.97. The molecule has 7 heteroatoms. The van der Waals surface area contributed by atoms with Crippen molar-refractivity contribution in [2.75, 3.05) is 6.79 Å². The van der Waals surface area contributed by atoms with Crippen molar-refractivity contribution in [1.82, 2.24) is 0 Å². The Morgan fingerprint density at radius 3 is 2.39 bits per heavy atom. The zero-order valence-corrected chi connectivity index (χ0v) is 12.5. The summed E-state index contributed by atoms with van der Waals surface area (Å²) in [5.74, 6) is -0.656. The summed E-state index contributed by atoms with van der Waals surface area (Å²) >= 11 is 0. The number of ether oxygens (including phenoxy) is 2. The van der Waals surface area contributed by atoms with Crippen LogP contribution >= 0.6 is 0 Å². The predicted octanol–water partition coefficient (Wildman–Crippen LogP) is 3.86. The Morgan fingerprint density at radius 2 is 1.87 bits per heavy atom. The average Bonchev–Trinajstić information content (AvgIpc) is 2.80. The number of hydrogen-bond donors (Lipinski definition) is 1. The molecule has 124 valence electrons. The predicted molar refractivity (Wildman–Crippen MR) is 75.1 cm³/mol. The molecule has 1 heterocycles. The van der Waals surface area contributed by atoms with Gasteiger partial charge in [0.25, 0.3) is 0 Å². The summed E-state index contributed by atoms with van der Waals surface area (Å²) in [6.07, 6.45) is -3.67. The highest BCUT2D eigenvalue weighted by Gasteiger charge is 2.66. The Kier molecular flexibility index (Phi) is 3.18. The van der Waals surface area contributed by atoms with Gasteiger partial charge in [-0.1, -0.05) is 26.0 Å². The van der Waals surface area contributed by atoms with E-state index >= 15 is 0 Å². The summed E-state index contributed by atoms with van der Waals surface area (Å²) in [7, 11) is 0. The topological polar surface area (TPSA) is 55.8 Å². The van der Waals surface area contributed by atoms with Crippen molar-refractivity contribution in [3.05, 3.63) is 29.8 Å². The molecule has 1 aliphatic carbocycles. The molecule has 0 bridgehead atoms. The highest BCUT2D eigenvalue weighted by molar-refractivity contribution is 5.86. The molecule has 3 rings (SSSR count). The minimum absolute atomic E-state index is 0.0457. The van der Waals surface area contributed by atoms with E-state index in [2.05, 4.69) is 0 Å². The van der Waals surface area contributed by atoms with Crippen LogP contribution in [0.3, 0.4) is 0 Å². The van der Waals surface area contributed by atoms with Crippen LogP contribution in [0.5, 0.6) is 11.5 Å². The summed E-state index contributed by atoms with van der Waals surface area (Å²) in [6.45, 7) is 3.24. The SMILES string of the molecule is CC1(C)CC1(C=C(c1ccc2c(c1)OCO2)C(F)(F)F)C(=O)O. The Bertz CT molecular complexity index is 706. The molecule has 1 N–H and O–H groups in total. The third-order valence-corrected chi connectivity index (χ3v) is 4.56. The molecular weight excluding hydrogens is 313 g/mol. The second-order valence-electron chi connectivity index (χ2n) is 6.46. The third kappa shape index (κ3) is 2.44. The highest BCUT2D eigenvalue weighted by Crippen LogP contribution is 2.66. The Balaban J connectivity index is 2.10. The molecule has 1 fully saturated rings. The van der Waals surface area contributed by atoms with E-state index in [1.165, 1.54) is 18.2 Å². The van der Waals surface area contributed by atoms with Gasteiger partial charge in [0, 0.05) is 0 Å². The van der Waals surface area contributed by atoms with Gasteiger partial charge in [0.1, 0.15) is 0 Å². The van der Waals surface area contributed by atoms with Crippen LogP contribution in [0.4, 0.5) is 13.2 Å². The first kappa shape index (κ1) is 15.7. The number of carboxylic acid groups (broad SMARTS) is 1. The largest absolute Gasteiger partial charge is 0.481 e. The first-order valence-electron chi connectivity index (χ1n) is 7.00. The molecule has 0 aromatic heterocycles. The second-order valence-corrected chi connectivity index (χ2v) is 6.46. The van der Waals surface area contributed by atoms with Crippen molar-refractivity contribution in [1.29, 1.82) is 0 Å². The number of hydrogen-bond acceptors (Lipinski definition) is 3. The van der Waals surface area contributed by atoms with E-state index in [0.29, 0.717) is 5.75 Å². The van der Waals surface area contributed by atoms with E-state index in [0.717, 1.165) is 6.08 Å². The number of fused-ring (bicyclic) bond motifs is 1. The maximum Gasteiger partial charge on any atom is 0.416 e. The van der Waals surface area contributed by atoms with Crippen LogP contribution in [-0.4, -0.2) is 24.0 Å². The monoisotopic (exact) mass is 328 g/mol. The number of carbonyl (C=O) groups is 1. The number of allylic oxidation sites excluding steroid dienone is 1. The zero-order valence-electron chi connectivity index (χ0n) is 12.5. The van der Waals surface area contributed by atoms with Gasteiger partial charge in [-0.05, 0) is 29.5 Å². The molecule has 0 saturated heterocycles. The molecule has 0 spiro atoms. The molecule has 1 aliphatic heterocycles. The van der Waals surface area contributed by atoms with Crippen LogP contribution in [0.25, 0.3) is 5.57 Å². The van der Waals surface area contributed by atoms with E-state index in [1.54, 1.807) is 13.8 Å². The number of aliphatic carboxylic acids is 1. The molecule has 1 aromatic rings. The molecule has 1 atom stereocenters. The van der Waals surface area contributed by atoms with Gasteiger partial charge in [-0.2, -0.15) is 13.2 Å². The van der Waals surface area contributed by atoms with Crippen molar-refractivity contribution in [2.24, 2.45) is 10.8 Å². The van der Waals surface area contributed by atoms with E-state index in [9.17, 15) is 23.1 Å². The van der Waals surface area contributed by atoms with Gasteiger partial charge in [0.15, 0.2) is 11.5 Å². The highest BCUT2D eigenvalue weighted by atomic mass is 19.4. The normalized spacial score (nSPS) is 25.3. The van der Waals surface area contributed by atoms with Crippen molar-refractivity contribution in [3.63, 3.8) is 0 Å². The number of halogens is 3. The van der Waals surface area contributed by atoms with E-state index in [4.69, 9.17) is 9.47 Å². The molecule has 4 nitrogen and oxygen atoms in total. The molecule has 23 heavy (non-hydrogen) atoms.